The van der Waals surface area contributed by atoms with Crippen molar-refractivity contribution in [2.24, 2.45) is 17.8 Å². The maximum Gasteiger partial charge on any atom is 0.341 e. The van der Waals surface area contributed by atoms with Gasteiger partial charge in [-0.1, -0.05) is 19.1 Å². The van der Waals surface area contributed by atoms with Gasteiger partial charge in [0, 0.05) is 7.11 Å². The largest absolute Gasteiger partial charge is 0.482 e. The van der Waals surface area contributed by atoms with Crippen LogP contribution in [-0.2, 0) is 36.6 Å². The number of aliphatic hydroxyl groups is 1. The Labute approximate surface area is 195 Å². The van der Waals surface area contributed by atoms with Crippen molar-refractivity contribution in [1.82, 2.24) is 0 Å². The lowest BCUT2D eigenvalue weighted by molar-refractivity contribution is -0.157. The van der Waals surface area contributed by atoms with Crippen LogP contribution in [0.5, 0.6) is 5.75 Å². The van der Waals surface area contributed by atoms with Crippen LogP contribution in [0.4, 0.5) is 0 Å². The van der Waals surface area contributed by atoms with Gasteiger partial charge >= 0.3 is 11.9 Å². The molecule has 8 heteroatoms. The van der Waals surface area contributed by atoms with Gasteiger partial charge in [-0.15, -0.1) is 0 Å². The van der Waals surface area contributed by atoms with E-state index in [1.54, 1.807) is 7.11 Å². The van der Waals surface area contributed by atoms with E-state index in [0.717, 1.165) is 36.8 Å². The predicted octanol–water partition coefficient (Wildman–Crippen LogP) is 2.63. The van der Waals surface area contributed by atoms with Crippen molar-refractivity contribution in [2.45, 2.75) is 57.7 Å². The molecule has 0 aliphatic heterocycles. The van der Waals surface area contributed by atoms with Crippen molar-refractivity contribution in [3.63, 3.8) is 0 Å². The highest BCUT2D eigenvalue weighted by Gasteiger charge is 2.47. The van der Waals surface area contributed by atoms with Crippen molar-refractivity contribution in [3.05, 3.63) is 29.3 Å². The van der Waals surface area contributed by atoms with Crippen LogP contribution in [0.15, 0.2) is 18.2 Å². The summed E-state index contributed by atoms with van der Waals surface area (Å²) in [5, 5.41) is 19.1. The first kappa shape index (κ1) is 25.5. The molecule has 0 spiro atoms. The van der Waals surface area contributed by atoms with E-state index in [9.17, 15) is 14.7 Å². The van der Waals surface area contributed by atoms with E-state index in [0.29, 0.717) is 43.6 Å². The molecule has 2 aliphatic rings. The third-order valence-electron chi connectivity index (χ3n) is 6.91. The van der Waals surface area contributed by atoms with Crippen LogP contribution in [0, 0.1) is 17.8 Å². The van der Waals surface area contributed by atoms with E-state index in [-0.39, 0.29) is 37.3 Å². The molecular formula is C25H36O8. The van der Waals surface area contributed by atoms with E-state index in [1.807, 2.05) is 19.1 Å². The van der Waals surface area contributed by atoms with E-state index >= 15 is 0 Å². The molecule has 8 nitrogen and oxygen atoms in total. The standard InChI is InChI=1S/C25H36O8/c1-3-18(26)7-8-19-20-11-16-5-4-6-22(32-14-24(27)28)21(16)12-17(20)13-23(19)33-25(29)15-31-10-9-30-2/h4-6,17-20,23,26H,3,7-15H2,1-2H3,(H,27,28)/t17-,18-,19+,20-,23+/m0/s1. The topological polar surface area (TPSA) is 112 Å². The lowest BCUT2D eigenvalue weighted by Crippen LogP contribution is -2.30. The quantitative estimate of drug-likeness (QED) is 0.339. The summed E-state index contributed by atoms with van der Waals surface area (Å²) in [7, 11) is 1.58. The number of rotatable bonds is 13. The van der Waals surface area contributed by atoms with Gasteiger partial charge in [0.2, 0.25) is 0 Å². The van der Waals surface area contributed by atoms with Gasteiger partial charge in [0.05, 0.1) is 19.3 Å². The minimum atomic E-state index is -1.00. The second-order valence-electron chi connectivity index (χ2n) is 9.02. The number of carboxylic acid groups (broad SMARTS) is 1. The Balaban J connectivity index is 1.71. The van der Waals surface area contributed by atoms with Crippen LogP contribution in [0.25, 0.3) is 0 Å². The van der Waals surface area contributed by atoms with Crippen LogP contribution < -0.4 is 4.74 Å². The molecular weight excluding hydrogens is 428 g/mol. The Morgan fingerprint density at radius 1 is 1.18 bits per heavy atom. The first-order chi connectivity index (χ1) is 15.9. The number of hydrogen-bond donors (Lipinski definition) is 2. The summed E-state index contributed by atoms with van der Waals surface area (Å²) in [6.45, 7) is 2.25. The Morgan fingerprint density at radius 2 is 2.00 bits per heavy atom. The molecule has 0 heterocycles. The zero-order valence-corrected chi connectivity index (χ0v) is 19.5. The highest BCUT2D eigenvalue weighted by atomic mass is 16.6. The summed E-state index contributed by atoms with van der Waals surface area (Å²) in [4.78, 5) is 23.4. The summed E-state index contributed by atoms with van der Waals surface area (Å²) in [6, 6.07) is 5.79. The SMILES string of the molecule is CC[C@H](O)CC[C@@H]1[C@H]2Cc3cccc(OCC(=O)O)c3C[C@H]2C[C@H]1OC(=O)COCCOC. The number of carbonyl (C=O) groups is 2. The highest BCUT2D eigenvalue weighted by Crippen LogP contribution is 2.49. The molecule has 0 unspecified atom stereocenters. The zero-order valence-electron chi connectivity index (χ0n) is 19.5. The van der Waals surface area contributed by atoms with Crippen LogP contribution in [0.2, 0.25) is 0 Å². The summed E-state index contributed by atoms with van der Waals surface area (Å²) >= 11 is 0. The molecule has 1 saturated carbocycles. The molecule has 1 aromatic carbocycles. The molecule has 2 N–H and O–H groups in total. The molecule has 5 atom stereocenters. The lowest BCUT2D eigenvalue weighted by Gasteiger charge is -2.32. The van der Waals surface area contributed by atoms with E-state index in [2.05, 4.69) is 6.07 Å². The number of carboxylic acids is 1. The van der Waals surface area contributed by atoms with Gasteiger partial charge < -0.3 is 29.2 Å². The van der Waals surface area contributed by atoms with Crippen LogP contribution in [0.1, 0.15) is 43.7 Å². The van der Waals surface area contributed by atoms with E-state index in [1.165, 1.54) is 0 Å². The number of hydrogen-bond acceptors (Lipinski definition) is 7. The molecule has 0 bridgehead atoms. The Hall–Kier alpha value is -2.16. The normalized spacial score (nSPS) is 24.6. The molecule has 184 valence electrons. The first-order valence-electron chi connectivity index (χ1n) is 11.8. The Morgan fingerprint density at radius 3 is 2.73 bits per heavy atom. The molecule has 0 aromatic heterocycles. The third-order valence-corrected chi connectivity index (χ3v) is 6.91. The number of methoxy groups -OCH3 is 1. The van der Waals surface area contributed by atoms with Crippen molar-refractivity contribution >= 4 is 11.9 Å². The number of aliphatic hydroxyl groups excluding tert-OH is 1. The summed E-state index contributed by atoms with van der Waals surface area (Å²) in [6.07, 6.45) is 3.93. The van der Waals surface area contributed by atoms with Crippen LogP contribution in [-0.4, -0.2) is 67.9 Å². The molecule has 1 fully saturated rings. The van der Waals surface area contributed by atoms with Gasteiger partial charge in [0.15, 0.2) is 6.61 Å². The van der Waals surface area contributed by atoms with Crippen LogP contribution >= 0.6 is 0 Å². The number of fused-ring (bicyclic) bond motifs is 2. The molecule has 0 saturated heterocycles. The fraction of sp³-hybridized carbons (Fsp3) is 0.680. The third kappa shape index (κ3) is 6.91. The summed E-state index contributed by atoms with van der Waals surface area (Å²) in [5.74, 6) is 0.0517. The Kier molecular flexibility index (Phi) is 9.52. The summed E-state index contributed by atoms with van der Waals surface area (Å²) < 4.78 is 21.7. The maximum absolute atomic E-state index is 12.4. The molecule has 0 amide bonds. The number of benzene rings is 1. The molecule has 1 aromatic rings. The Bertz CT molecular complexity index is 795. The van der Waals surface area contributed by atoms with E-state index in [4.69, 9.17) is 24.1 Å². The van der Waals surface area contributed by atoms with Gasteiger partial charge in [0.25, 0.3) is 0 Å². The smallest absolute Gasteiger partial charge is 0.341 e. The second-order valence-corrected chi connectivity index (χ2v) is 9.02. The van der Waals surface area contributed by atoms with Gasteiger partial charge in [-0.2, -0.15) is 0 Å². The van der Waals surface area contributed by atoms with Gasteiger partial charge in [-0.05, 0) is 73.5 Å². The number of ether oxygens (including phenoxy) is 4. The molecule has 2 aliphatic carbocycles. The van der Waals surface area contributed by atoms with Crippen molar-refractivity contribution in [1.29, 1.82) is 0 Å². The number of aliphatic carboxylic acids is 1. The number of carbonyl (C=O) groups excluding carboxylic acids is 1. The van der Waals surface area contributed by atoms with Crippen molar-refractivity contribution < 1.29 is 38.7 Å². The van der Waals surface area contributed by atoms with Gasteiger partial charge in [0.1, 0.15) is 18.5 Å². The maximum atomic E-state index is 12.4. The zero-order chi connectivity index (χ0) is 23.8. The second kappa shape index (κ2) is 12.3. The fourth-order valence-electron chi connectivity index (χ4n) is 5.28. The van der Waals surface area contributed by atoms with Crippen molar-refractivity contribution in [3.8, 4) is 5.75 Å². The van der Waals surface area contributed by atoms with Crippen molar-refractivity contribution in [2.75, 3.05) is 33.5 Å². The lowest BCUT2D eigenvalue weighted by atomic mass is 9.73. The fourth-order valence-corrected chi connectivity index (χ4v) is 5.28. The first-order valence-corrected chi connectivity index (χ1v) is 11.8. The van der Waals surface area contributed by atoms with Crippen LogP contribution in [0.3, 0.4) is 0 Å². The average Bonchev–Trinajstić information content (AvgIpc) is 3.12. The molecule has 0 radical (unpaired) electrons. The van der Waals surface area contributed by atoms with E-state index < -0.39 is 5.97 Å². The highest BCUT2D eigenvalue weighted by molar-refractivity contribution is 5.71. The minimum absolute atomic E-state index is 0.104. The predicted molar refractivity (Wildman–Crippen MR) is 120 cm³/mol. The molecule has 3 rings (SSSR count). The summed E-state index contributed by atoms with van der Waals surface area (Å²) in [5.41, 5.74) is 2.22. The average molecular weight is 465 g/mol. The van der Waals surface area contributed by atoms with Gasteiger partial charge in [-0.25, -0.2) is 9.59 Å². The molecule has 33 heavy (non-hydrogen) atoms. The number of esters is 1. The van der Waals surface area contributed by atoms with Gasteiger partial charge in [-0.3, -0.25) is 0 Å². The minimum Gasteiger partial charge on any atom is -0.482 e. The monoisotopic (exact) mass is 464 g/mol.